The van der Waals surface area contributed by atoms with Crippen LogP contribution < -0.4 is 26.6 Å². The number of nitrogens with one attached hydrogen (secondary N) is 5. The maximum Gasteiger partial charge on any atom is 0.246 e. The molecule has 5 heterocycles. The molecule has 4 aliphatic rings. The zero-order chi connectivity index (χ0) is 57.7. The third-order valence-electron chi connectivity index (χ3n) is 16.5. The molecule has 82 heavy (non-hydrogen) atoms. The number of carbonyl (C=O) groups is 6. The van der Waals surface area contributed by atoms with E-state index in [-0.39, 0.29) is 55.1 Å². The number of rotatable bonds is 16. The standard InChI is InChI=1S/C65H69N11O6/c1-40(57(78)71-50-21-19-42-29-64(31-48(42)28-50)52-17-12-24-68-55(52)72-58(64)79)76(61(82)63(5,6)7)37-46-16-9-8-13-43(46)33-67-34-51-22-23-53-56(70-51)73-59(80)65(53)30-41-18-20-49(27-47(41)32-65)69-54(77)38-75(60(81)62(2,3)4)36-45-15-11-10-14-44(45)35-74-26-25-66-39-74/h8-28,39-40,67H,29-38H2,1-7H3,(H,69,77)(H,71,78)(H,68,72,79)(H,70,73,80)/t40-,64?,65?/m0/s1. The molecule has 2 aliphatic heterocycles. The SMILES string of the molecule is C[C@@H](C(=O)Nc1ccc2c(c1)CC1(C2)C(=O)Nc2ncccc21)N(Cc1ccccc1CNCc1ccc2c(n1)NC(=O)C21Cc2ccc(NC(=O)CN(Cc3ccccc3Cn3ccnc3)C(=O)C(C)(C)C)cc2C1)C(=O)C(C)(C)C. The highest BCUT2D eigenvalue weighted by Crippen LogP contribution is 2.49. The molecule has 11 rings (SSSR count). The fraction of sp³-hybridized carbons (Fsp3) is 0.338. The smallest absolute Gasteiger partial charge is 0.246 e. The third-order valence-corrected chi connectivity index (χ3v) is 16.5. The van der Waals surface area contributed by atoms with Gasteiger partial charge in [0.15, 0.2) is 0 Å². The Kier molecular flexibility index (Phi) is 14.5. The van der Waals surface area contributed by atoms with Crippen LogP contribution >= 0.6 is 0 Å². The molecule has 6 amide bonds. The molecule has 0 fully saturated rings. The maximum atomic E-state index is 14.2. The van der Waals surface area contributed by atoms with Crippen LogP contribution in [0.2, 0.25) is 0 Å². The molecule has 0 bridgehead atoms. The lowest BCUT2D eigenvalue weighted by Gasteiger charge is -2.34. The Morgan fingerprint density at radius 3 is 1.85 bits per heavy atom. The first-order chi connectivity index (χ1) is 39.2. The summed E-state index contributed by atoms with van der Waals surface area (Å²) in [5, 5.41) is 15.7. The average Bonchev–Trinajstić information content (AvgIpc) is 2.75. The Balaban J connectivity index is 0.719. The van der Waals surface area contributed by atoms with Crippen LogP contribution in [0.4, 0.5) is 23.0 Å². The Labute approximate surface area is 477 Å². The van der Waals surface area contributed by atoms with Gasteiger partial charge in [0.2, 0.25) is 35.4 Å². The minimum Gasteiger partial charge on any atom is -0.333 e. The molecule has 420 valence electrons. The molecular formula is C65H69N11O6. The first kappa shape index (κ1) is 55.1. The monoisotopic (exact) mass is 1100 g/mol. The van der Waals surface area contributed by atoms with Crippen LogP contribution in [0.1, 0.15) is 110 Å². The molecule has 17 nitrogen and oxygen atoms in total. The lowest BCUT2D eigenvalue weighted by Crippen LogP contribution is -2.49. The van der Waals surface area contributed by atoms with E-state index in [0.717, 1.165) is 61.3 Å². The van der Waals surface area contributed by atoms with Gasteiger partial charge in [-0.3, -0.25) is 28.8 Å². The number of hydrogen-bond donors (Lipinski definition) is 5. The van der Waals surface area contributed by atoms with Gasteiger partial charge < -0.3 is 41.0 Å². The average molecular weight is 1100 g/mol. The summed E-state index contributed by atoms with van der Waals surface area (Å²) in [7, 11) is 0. The van der Waals surface area contributed by atoms with E-state index in [2.05, 4.69) is 36.6 Å². The molecule has 2 aliphatic carbocycles. The van der Waals surface area contributed by atoms with Gasteiger partial charge in [-0.05, 0) is 114 Å². The number of benzene rings is 4. The van der Waals surface area contributed by atoms with E-state index < -0.39 is 27.7 Å². The summed E-state index contributed by atoms with van der Waals surface area (Å²) in [6.45, 7) is 14.6. The fourth-order valence-corrected chi connectivity index (χ4v) is 12.2. The van der Waals surface area contributed by atoms with Crippen molar-refractivity contribution < 1.29 is 28.8 Å². The van der Waals surface area contributed by atoms with Gasteiger partial charge >= 0.3 is 0 Å². The van der Waals surface area contributed by atoms with E-state index in [4.69, 9.17) is 4.98 Å². The third kappa shape index (κ3) is 10.8. The first-order valence-corrected chi connectivity index (χ1v) is 28.0. The highest BCUT2D eigenvalue weighted by molar-refractivity contribution is 6.07. The van der Waals surface area contributed by atoms with Crippen LogP contribution in [0.5, 0.6) is 0 Å². The van der Waals surface area contributed by atoms with Crippen molar-refractivity contribution >= 4 is 58.5 Å². The molecule has 2 spiro atoms. The number of imidazole rings is 1. The van der Waals surface area contributed by atoms with Crippen molar-refractivity contribution in [3.05, 3.63) is 195 Å². The van der Waals surface area contributed by atoms with Gasteiger partial charge in [-0.25, -0.2) is 15.0 Å². The topological polar surface area (TPSA) is 213 Å². The molecule has 0 radical (unpaired) electrons. The summed E-state index contributed by atoms with van der Waals surface area (Å²) in [6, 6.07) is 34.2. The van der Waals surface area contributed by atoms with Crippen LogP contribution in [0.3, 0.4) is 0 Å². The number of carbonyl (C=O) groups excluding carboxylic acids is 6. The van der Waals surface area contributed by atoms with Crippen molar-refractivity contribution in [2.24, 2.45) is 10.8 Å². The van der Waals surface area contributed by atoms with E-state index in [9.17, 15) is 28.8 Å². The molecule has 5 N–H and O–H groups in total. The quantitative estimate of drug-likeness (QED) is 0.0623. The van der Waals surface area contributed by atoms with E-state index in [1.54, 1.807) is 35.4 Å². The van der Waals surface area contributed by atoms with E-state index in [1.165, 1.54) is 0 Å². The van der Waals surface area contributed by atoms with E-state index >= 15 is 0 Å². The lowest BCUT2D eigenvalue weighted by atomic mass is 9.79. The summed E-state index contributed by atoms with van der Waals surface area (Å²) in [4.78, 5) is 100. The number of amides is 6. The van der Waals surface area contributed by atoms with E-state index in [0.29, 0.717) is 68.3 Å². The zero-order valence-corrected chi connectivity index (χ0v) is 47.5. The molecule has 0 saturated heterocycles. The summed E-state index contributed by atoms with van der Waals surface area (Å²) < 4.78 is 1.97. The largest absolute Gasteiger partial charge is 0.333 e. The lowest BCUT2D eigenvalue weighted by molar-refractivity contribution is -0.145. The molecule has 2 unspecified atom stereocenters. The molecule has 17 heteroatoms. The summed E-state index contributed by atoms with van der Waals surface area (Å²) in [6.07, 6.45) is 8.99. The molecule has 0 saturated carbocycles. The minimum atomic E-state index is -0.854. The minimum absolute atomic E-state index is 0.0702. The highest BCUT2D eigenvalue weighted by Gasteiger charge is 2.52. The van der Waals surface area contributed by atoms with Crippen LogP contribution in [0.25, 0.3) is 0 Å². The predicted molar refractivity (Wildman–Crippen MR) is 313 cm³/mol. The second kappa shape index (κ2) is 21.6. The predicted octanol–water partition coefficient (Wildman–Crippen LogP) is 8.40. The highest BCUT2D eigenvalue weighted by atomic mass is 16.2. The van der Waals surface area contributed by atoms with Crippen LogP contribution in [-0.4, -0.2) is 77.3 Å². The van der Waals surface area contributed by atoms with E-state index in [1.807, 2.05) is 162 Å². The molecule has 3 atom stereocenters. The Morgan fingerprint density at radius 1 is 0.634 bits per heavy atom. The summed E-state index contributed by atoms with van der Waals surface area (Å²) in [5.74, 6) is -0.0318. The molecule has 7 aromatic rings. The Bertz CT molecular complexity index is 3690. The van der Waals surface area contributed by atoms with Gasteiger partial charge in [0.25, 0.3) is 0 Å². The first-order valence-electron chi connectivity index (χ1n) is 28.0. The van der Waals surface area contributed by atoms with Gasteiger partial charge in [-0.15, -0.1) is 0 Å². The number of pyridine rings is 2. The Morgan fingerprint density at radius 2 is 1.22 bits per heavy atom. The number of nitrogens with zero attached hydrogens (tertiary/aromatic N) is 6. The van der Waals surface area contributed by atoms with Gasteiger partial charge in [0.1, 0.15) is 24.2 Å². The summed E-state index contributed by atoms with van der Waals surface area (Å²) in [5.41, 5.74) is 8.36. The number of aromatic nitrogens is 4. The molecule has 3 aromatic heterocycles. The number of hydrogen-bond acceptors (Lipinski definition) is 10. The second-order valence-corrected chi connectivity index (χ2v) is 24.5. The number of fused-ring (bicyclic) bond motifs is 6. The van der Waals surface area contributed by atoms with Crippen LogP contribution in [0, 0.1) is 10.8 Å². The normalized spacial score (nSPS) is 17.8. The summed E-state index contributed by atoms with van der Waals surface area (Å²) >= 11 is 0. The van der Waals surface area contributed by atoms with Gasteiger partial charge in [-0.1, -0.05) is 114 Å². The molecular weight excluding hydrogens is 1030 g/mol. The molecule has 4 aromatic carbocycles. The fourth-order valence-electron chi connectivity index (χ4n) is 12.2. The Hall–Kier alpha value is -8.83. The number of anilines is 4. The van der Waals surface area contributed by atoms with Crippen molar-refractivity contribution in [2.75, 3.05) is 27.8 Å². The van der Waals surface area contributed by atoms with Gasteiger partial charge in [0.05, 0.1) is 22.9 Å². The van der Waals surface area contributed by atoms with Crippen molar-refractivity contribution in [1.82, 2.24) is 34.6 Å². The maximum absolute atomic E-state index is 14.2. The van der Waals surface area contributed by atoms with Crippen molar-refractivity contribution in [3.8, 4) is 0 Å². The second-order valence-electron chi connectivity index (χ2n) is 24.5. The van der Waals surface area contributed by atoms with Gasteiger partial charge in [0, 0.05) is 84.6 Å². The van der Waals surface area contributed by atoms with Crippen molar-refractivity contribution in [2.45, 2.75) is 124 Å². The van der Waals surface area contributed by atoms with Crippen molar-refractivity contribution in [3.63, 3.8) is 0 Å². The zero-order valence-electron chi connectivity index (χ0n) is 47.5. The van der Waals surface area contributed by atoms with Crippen LogP contribution in [0.15, 0.2) is 134 Å². The van der Waals surface area contributed by atoms with Crippen molar-refractivity contribution in [1.29, 1.82) is 0 Å². The van der Waals surface area contributed by atoms with Crippen LogP contribution in [-0.2, 0) is 98.0 Å². The van der Waals surface area contributed by atoms with Gasteiger partial charge in [-0.2, -0.15) is 0 Å².